The summed E-state index contributed by atoms with van der Waals surface area (Å²) >= 11 is 0. The van der Waals surface area contributed by atoms with Gasteiger partial charge in [-0.1, -0.05) is 25.5 Å². The number of nitrogens with one attached hydrogen (secondary N) is 1. The van der Waals surface area contributed by atoms with Crippen LogP contribution in [0.2, 0.25) is 0 Å². The number of rotatable bonds is 5. The summed E-state index contributed by atoms with van der Waals surface area (Å²) < 4.78 is 5.25. The monoisotopic (exact) mass is 537 g/mol. The van der Waals surface area contributed by atoms with Gasteiger partial charge in [0.15, 0.2) is 0 Å². The fourth-order valence-electron chi connectivity index (χ4n) is 9.47. The normalized spacial score (nSPS) is 37.9. The summed E-state index contributed by atoms with van der Waals surface area (Å²) in [5.74, 6) is 2.19. The predicted octanol–water partition coefficient (Wildman–Crippen LogP) is 4.47. The molecule has 5 aliphatic rings. The highest BCUT2D eigenvalue weighted by Crippen LogP contribution is 2.67. The lowest BCUT2D eigenvalue weighted by Gasteiger charge is -2.60. The second kappa shape index (κ2) is 10.1. The Bertz CT molecular complexity index is 1190. The van der Waals surface area contributed by atoms with Crippen molar-refractivity contribution in [1.29, 1.82) is 0 Å². The van der Waals surface area contributed by atoms with Crippen LogP contribution >= 0.6 is 0 Å². The van der Waals surface area contributed by atoms with Gasteiger partial charge in [0.1, 0.15) is 0 Å². The third-order valence-corrected chi connectivity index (χ3v) is 11.7. The van der Waals surface area contributed by atoms with E-state index >= 15 is 0 Å². The zero-order chi connectivity index (χ0) is 27.4. The van der Waals surface area contributed by atoms with Crippen molar-refractivity contribution in [3.63, 3.8) is 0 Å². The molecule has 1 aromatic rings. The number of hydrogen-bond donors (Lipinski definition) is 2. The average Bonchev–Trinajstić information content (AvgIpc) is 3.27. The number of carboxylic acid groups (broad SMARTS) is 1. The van der Waals surface area contributed by atoms with Crippen molar-refractivity contribution in [3.8, 4) is 0 Å². The van der Waals surface area contributed by atoms with Crippen LogP contribution in [-0.4, -0.2) is 65.7 Å². The van der Waals surface area contributed by atoms with Gasteiger partial charge in [0.2, 0.25) is 5.91 Å². The Hall–Kier alpha value is -2.61. The summed E-state index contributed by atoms with van der Waals surface area (Å²) in [6, 6.07) is 3.54. The summed E-state index contributed by atoms with van der Waals surface area (Å²) in [6.07, 6.45) is 11.9. The smallest absolute Gasteiger partial charge is 0.407 e. The van der Waals surface area contributed by atoms with Gasteiger partial charge in [-0.05, 0) is 97.5 Å². The number of fused-ring (bicyclic) bond motifs is 5. The van der Waals surface area contributed by atoms with Crippen molar-refractivity contribution in [2.45, 2.75) is 77.2 Å². The molecular weight excluding hydrogens is 494 g/mol. The number of carbonyl (C=O) groups excluding carboxylic acids is 1. The number of hydrogen-bond acceptors (Lipinski definition) is 5. The molecule has 8 nitrogen and oxygen atoms in total. The first-order chi connectivity index (χ1) is 18.7. The summed E-state index contributed by atoms with van der Waals surface area (Å²) in [7, 11) is 0. The molecule has 212 valence electrons. The third-order valence-electron chi connectivity index (χ3n) is 11.7. The minimum atomic E-state index is -0.854. The molecule has 1 aliphatic heterocycles. The minimum absolute atomic E-state index is 0.0341. The molecule has 4 fully saturated rings. The Morgan fingerprint density at radius 2 is 2.03 bits per heavy atom. The lowest BCUT2D eigenvalue weighted by Crippen LogP contribution is -2.56. The molecule has 0 unspecified atom stereocenters. The van der Waals surface area contributed by atoms with E-state index in [0.717, 1.165) is 50.6 Å². The van der Waals surface area contributed by atoms with E-state index in [4.69, 9.17) is 4.42 Å². The number of amides is 2. The molecule has 1 saturated heterocycles. The molecule has 6 rings (SSSR count). The molecule has 8 heteroatoms. The van der Waals surface area contributed by atoms with Crippen LogP contribution < -0.4 is 10.9 Å². The van der Waals surface area contributed by atoms with Crippen LogP contribution in [0.4, 0.5) is 4.79 Å². The molecule has 2 heterocycles. The highest BCUT2D eigenvalue weighted by atomic mass is 16.4. The van der Waals surface area contributed by atoms with Gasteiger partial charge in [0.25, 0.3) is 0 Å². The molecule has 0 radical (unpaired) electrons. The Balaban J connectivity index is 1.14. The summed E-state index contributed by atoms with van der Waals surface area (Å²) in [5, 5.41) is 13.2. The van der Waals surface area contributed by atoms with Crippen LogP contribution in [0.1, 0.15) is 76.7 Å². The molecule has 2 amide bonds. The summed E-state index contributed by atoms with van der Waals surface area (Å²) in [6.45, 7) is 7.56. The van der Waals surface area contributed by atoms with Crippen molar-refractivity contribution < 1.29 is 19.1 Å². The van der Waals surface area contributed by atoms with E-state index < -0.39 is 6.09 Å². The van der Waals surface area contributed by atoms with E-state index in [1.165, 1.54) is 12.8 Å². The van der Waals surface area contributed by atoms with Gasteiger partial charge in [0, 0.05) is 38.3 Å². The Morgan fingerprint density at radius 3 is 2.77 bits per heavy atom. The first kappa shape index (κ1) is 26.6. The predicted molar refractivity (Wildman–Crippen MR) is 147 cm³/mol. The number of carbonyl (C=O) groups is 2. The molecule has 0 spiro atoms. The summed E-state index contributed by atoms with van der Waals surface area (Å²) in [5.41, 5.74) is 2.82. The maximum Gasteiger partial charge on any atom is 0.407 e. The standard InChI is InChI=1S/C31H43N3O5/c1-30-11-9-22(34(29(37)38)16-15-33-14-13-32-18-27(33)35)17-21(30)4-5-23-25-7-6-24(20-3-8-28(36)39-19-20)31(25,2)12-10-26(23)30/h3,7-8,19,21-24,26,32H,4-6,9-18H2,1-2H3,(H,37,38)/t21-,22+,23+,24-,26+,30+,31-/m1/s1. The van der Waals surface area contributed by atoms with Crippen molar-refractivity contribution in [2.75, 3.05) is 32.7 Å². The molecule has 0 bridgehead atoms. The van der Waals surface area contributed by atoms with Crippen LogP contribution in [0, 0.1) is 28.6 Å². The van der Waals surface area contributed by atoms with Crippen molar-refractivity contribution in [1.82, 2.24) is 15.1 Å². The number of piperazine rings is 1. The summed E-state index contributed by atoms with van der Waals surface area (Å²) in [4.78, 5) is 39.5. The van der Waals surface area contributed by atoms with Gasteiger partial charge in [0.05, 0.1) is 12.8 Å². The fraction of sp³-hybridized carbons (Fsp3) is 0.710. The number of nitrogens with zero attached hydrogens (tertiary/aromatic N) is 2. The maximum atomic E-state index is 12.3. The molecule has 7 atom stereocenters. The van der Waals surface area contributed by atoms with Crippen molar-refractivity contribution >= 4 is 12.0 Å². The molecule has 3 saturated carbocycles. The third kappa shape index (κ3) is 4.52. The van der Waals surface area contributed by atoms with Crippen molar-refractivity contribution in [3.05, 3.63) is 46.0 Å². The van der Waals surface area contributed by atoms with Gasteiger partial charge in [-0.2, -0.15) is 0 Å². The van der Waals surface area contributed by atoms with E-state index in [-0.39, 0.29) is 28.4 Å². The maximum absolute atomic E-state index is 12.3. The van der Waals surface area contributed by atoms with Crippen LogP contribution in [0.5, 0.6) is 0 Å². The fourth-order valence-corrected chi connectivity index (χ4v) is 9.47. The largest absolute Gasteiger partial charge is 0.465 e. The average molecular weight is 538 g/mol. The molecule has 4 aliphatic carbocycles. The second-order valence-electron chi connectivity index (χ2n) is 13.2. The van der Waals surface area contributed by atoms with Gasteiger partial charge < -0.3 is 24.6 Å². The molecular formula is C31H43N3O5. The number of allylic oxidation sites excluding steroid dienone is 2. The van der Waals surface area contributed by atoms with E-state index in [9.17, 15) is 19.5 Å². The van der Waals surface area contributed by atoms with Crippen LogP contribution in [0.15, 0.2) is 39.3 Å². The van der Waals surface area contributed by atoms with Crippen LogP contribution in [0.3, 0.4) is 0 Å². The Kier molecular flexibility index (Phi) is 6.89. The second-order valence-corrected chi connectivity index (χ2v) is 13.2. The lowest BCUT2D eigenvalue weighted by molar-refractivity contribution is -0.132. The van der Waals surface area contributed by atoms with Gasteiger partial charge >= 0.3 is 11.7 Å². The van der Waals surface area contributed by atoms with E-state index in [1.807, 2.05) is 6.07 Å². The first-order valence-corrected chi connectivity index (χ1v) is 15.0. The van der Waals surface area contributed by atoms with Crippen LogP contribution in [-0.2, 0) is 4.79 Å². The Labute approximate surface area is 230 Å². The molecule has 2 N–H and O–H groups in total. The SMILES string of the molecule is C[C@]12CC[C@H](N(CCN3CCNCC3=O)C(=O)O)C[C@H]1CC[C@H]1C3=CC[C@H](c4ccc(=O)oc4)[C@@]3(C)CC[C@@H]12. The molecule has 39 heavy (non-hydrogen) atoms. The zero-order valence-corrected chi connectivity index (χ0v) is 23.4. The van der Waals surface area contributed by atoms with Gasteiger partial charge in [-0.25, -0.2) is 9.59 Å². The minimum Gasteiger partial charge on any atom is -0.465 e. The Morgan fingerprint density at radius 1 is 1.18 bits per heavy atom. The van der Waals surface area contributed by atoms with Gasteiger partial charge in [-0.3, -0.25) is 4.79 Å². The van der Waals surface area contributed by atoms with Crippen LogP contribution in [0.25, 0.3) is 0 Å². The molecule has 0 aromatic carbocycles. The quantitative estimate of drug-likeness (QED) is 0.538. The lowest BCUT2D eigenvalue weighted by atomic mass is 9.45. The topological polar surface area (TPSA) is 103 Å². The van der Waals surface area contributed by atoms with Crippen molar-refractivity contribution in [2.24, 2.45) is 28.6 Å². The van der Waals surface area contributed by atoms with E-state index in [0.29, 0.717) is 49.9 Å². The van der Waals surface area contributed by atoms with E-state index in [1.54, 1.807) is 27.7 Å². The zero-order valence-electron chi connectivity index (χ0n) is 23.4. The highest BCUT2D eigenvalue weighted by Gasteiger charge is 2.58. The first-order valence-electron chi connectivity index (χ1n) is 15.0. The highest BCUT2D eigenvalue weighted by molar-refractivity contribution is 5.79. The van der Waals surface area contributed by atoms with Gasteiger partial charge in [-0.15, -0.1) is 0 Å². The van der Waals surface area contributed by atoms with E-state index in [2.05, 4.69) is 25.2 Å². The molecule has 1 aromatic heterocycles.